The van der Waals surface area contributed by atoms with Gasteiger partial charge in [-0.2, -0.15) is 5.10 Å². The van der Waals surface area contributed by atoms with Gasteiger partial charge in [0.1, 0.15) is 5.75 Å². The van der Waals surface area contributed by atoms with Crippen molar-refractivity contribution in [3.05, 3.63) is 101 Å². The molecule has 3 aromatic carbocycles. The summed E-state index contributed by atoms with van der Waals surface area (Å²) in [6, 6.07) is 24.7. The van der Waals surface area contributed by atoms with Crippen LogP contribution in [0.15, 0.2) is 90.0 Å². The molecule has 0 bridgehead atoms. The van der Waals surface area contributed by atoms with E-state index in [1.54, 1.807) is 23.9 Å². The lowest BCUT2D eigenvalue weighted by Gasteiger charge is -2.12. The number of aryl methyl sites for hydroxylation is 1. The van der Waals surface area contributed by atoms with Gasteiger partial charge in [0.25, 0.3) is 11.1 Å². The fourth-order valence-electron chi connectivity index (χ4n) is 3.78. The predicted octanol–water partition coefficient (Wildman–Crippen LogP) is 6.10. The first-order valence-electron chi connectivity index (χ1n) is 10.7. The van der Waals surface area contributed by atoms with Crippen LogP contribution in [-0.2, 0) is 4.79 Å². The highest BCUT2D eigenvalue weighted by molar-refractivity contribution is 8.19. The van der Waals surface area contributed by atoms with E-state index in [1.807, 2.05) is 85.9 Å². The topological polar surface area (TPSA) is 64.4 Å². The fraction of sp³-hybridized carbons (Fsp3) is 0.0741. The molecule has 1 saturated heterocycles. The molecule has 0 atom stereocenters. The number of ether oxygens (including phenoxy) is 1. The number of amides is 2. The van der Waals surface area contributed by atoms with Crippen molar-refractivity contribution in [1.82, 2.24) is 9.78 Å². The van der Waals surface area contributed by atoms with Crippen LogP contribution >= 0.6 is 11.8 Å². The number of thioether (sulfide) groups is 1. The summed E-state index contributed by atoms with van der Waals surface area (Å²) in [5, 5.41) is 4.48. The fourth-order valence-corrected chi connectivity index (χ4v) is 4.61. The first kappa shape index (κ1) is 21.7. The molecule has 4 aromatic rings. The second-order valence-corrected chi connectivity index (χ2v) is 8.79. The molecule has 168 valence electrons. The predicted molar refractivity (Wildman–Crippen MR) is 135 cm³/mol. The molecule has 0 N–H and O–H groups in total. The second kappa shape index (κ2) is 9.03. The molecule has 1 fully saturated rings. The Hall–Kier alpha value is -4.10. The number of carbonyl (C=O) groups excluding carboxylic acids is 2. The molecule has 6 nitrogen and oxygen atoms in total. The molecule has 2 amide bonds. The maximum atomic E-state index is 13.2. The van der Waals surface area contributed by atoms with Crippen molar-refractivity contribution >= 4 is 34.7 Å². The van der Waals surface area contributed by atoms with Gasteiger partial charge in [0.15, 0.2) is 0 Å². The molecule has 0 spiro atoms. The van der Waals surface area contributed by atoms with Gasteiger partial charge >= 0.3 is 0 Å². The Bertz CT molecular complexity index is 1410. The third-order valence-corrected chi connectivity index (χ3v) is 6.34. The van der Waals surface area contributed by atoms with Crippen molar-refractivity contribution in [2.45, 2.75) is 6.92 Å². The Balaban J connectivity index is 1.57. The molecule has 1 aliphatic heterocycles. The van der Waals surface area contributed by atoms with Gasteiger partial charge in [-0.25, -0.2) is 9.58 Å². The molecule has 0 radical (unpaired) electrons. The smallest absolute Gasteiger partial charge is 0.298 e. The van der Waals surface area contributed by atoms with Crippen molar-refractivity contribution in [2.75, 3.05) is 12.0 Å². The Morgan fingerprint density at radius 3 is 2.35 bits per heavy atom. The van der Waals surface area contributed by atoms with Crippen LogP contribution in [-0.4, -0.2) is 28.0 Å². The van der Waals surface area contributed by atoms with Crippen molar-refractivity contribution in [1.29, 1.82) is 0 Å². The van der Waals surface area contributed by atoms with Crippen LogP contribution in [0.4, 0.5) is 10.5 Å². The zero-order valence-electron chi connectivity index (χ0n) is 18.6. The number of para-hydroxylation sites is 1. The number of carbonyl (C=O) groups is 2. The highest BCUT2D eigenvalue weighted by Crippen LogP contribution is 2.37. The van der Waals surface area contributed by atoms with Gasteiger partial charge < -0.3 is 4.74 Å². The van der Waals surface area contributed by atoms with Gasteiger partial charge in [-0.05, 0) is 78.9 Å². The minimum absolute atomic E-state index is 0.316. The van der Waals surface area contributed by atoms with Crippen LogP contribution in [0.5, 0.6) is 5.75 Å². The number of benzene rings is 3. The monoisotopic (exact) mass is 467 g/mol. The van der Waals surface area contributed by atoms with Gasteiger partial charge in [-0.15, -0.1) is 0 Å². The lowest BCUT2D eigenvalue weighted by Crippen LogP contribution is -2.27. The first-order valence-corrected chi connectivity index (χ1v) is 11.5. The normalized spacial score (nSPS) is 14.8. The number of aromatic nitrogens is 2. The Kier molecular flexibility index (Phi) is 5.77. The summed E-state index contributed by atoms with van der Waals surface area (Å²) in [6.45, 7) is 1.93. The molecule has 5 rings (SSSR count). The summed E-state index contributed by atoms with van der Waals surface area (Å²) in [6.07, 6.45) is 3.61. The van der Waals surface area contributed by atoms with E-state index in [1.165, 1.54) is 4.90 Å². The van der Waals surface area contributed by atoms with Crippen LogP contribution in [0.3, 0.4) is 0 Å². The van der Waals surface area contributed by atoms with Crippen molar-refractivity contribution in [3.63, 3.8) is 0 Å². The largest absolute Gasteiger partial charge is 0.497 e. The Morgan fingerprint density at radius 1 is 0.912 bits per heavy atom. The summed E-state index contributed by atoms with van der Waals surface area (Å²) in [7, 11) is 1.62. The third-order valence-electron chi connectivity index (χ3n) is 5.47. The second-order valence-electron chi connectivity index (χ2n) is 7.80. The average molecular weight is 468 g/mol. The van der Waals surface area contributed by atoms with Crippen molar-refractivity contribution < 1.29 is 14.3 Å². The van der Waals surface area contributed by atoms with Gasteiger partial charge in [-0.3, -0.25) is 9.59 Å². The summed E-state index contributed by atoms with van der Waals surface area (Å²) in [5.74, 6) is 0.404. The van der Waals surface area contributed by atoms with E-state index in [-0.39, 0.29) is 11.1 Å². The molecule has 1 aromatic heterocycles. The highest BCUT2D eigenvalue weighted by atomic mass is 32.2. The number of hydrogen-bond acceptors (Lipinski definition) is 5. The van der Waals surface area contributed by atoms with Gasteiger partial charge in [-0.1, -0.05) is 30.3 Å². The number of methoxy groups -OCH3 is 1. The van der Waals surface area contributed by atoms with E-state index in [9.17, 15) is 9.59 Å². The van der Waals surface area contributed by atoms with Crippen LogP contribution in [0.25, 0.3) is 23.0 Å². The molecule has 0 unspecified atom stereocenters. The van der Waals surface area contributed by atoms with Crippen LogP contribution in [0.2, 0.25) is 0 Å². The minimum atomic E-state index is -0.339. The zero-order valence-corrected chi connectivity index (χ0v) is 19.5. The van der Waals surface area contributed by atoms with Crippen LogP contribution in [0.1, 0.15) is 11.1 Å². The number of nitrogens with zero attached hydrogens (tertiary/aromatic N) is 3. The molecular weight excluding hydrogens is 446 g/mol. The quantitative estimate of drug-likeness (QED) is 0.332. The third kappa shape index (κ3) is 4.13. The van der Waals surface area contributed by atoms with E-state index in [0.29, 0.717) is 16.3 Å². The number of anilines is 1. The lowest BCUT2D eigenvalue weighted by molar-refractivity contribution is -0.113. The van der Waals surface area contributed by atoms with Crippen molar-refractivity contribution in [2.24, 2.45) is 0 Å². The standard InChI is InChI=1S/C27H21N3O3S/c1-18-7-6-10-22(15-18)30-26(31)24(34-27(30)32)16-20-17-29(21-8-4-3-5-9-21)28-25(20)19-11-13-23(33-2)14-12-19/h3-17H,1-2H3/b24-16-. The van der Waals surface area contributed by atoms with Crippen LogP contribution < -0.4 is 9.64 Å². The lowest BCUT2D eigenvalue weighted by atomic mass is 10.1. The molecule has 1 aliphatic rings. The number of imide groups is 1. The molecule has 7 heteroatoms. The maximum absolute atomic E-state index is 13.2. The summed E-state index contributed by atoms with van der Waals surface area (Å²) < 4.78 is 7.05. The van der Waals surface area contributed by atoms with E-state index in [2.05, 4.69) is 0 Å². The molecule has 0 aliphatic carbocycles. The number of rotatable bonds is 5. The molecular formula is C27H21N3O3S. The molecule has 2 heterocycles. The van der Waals surface area contributed by atoms with E-state index >= 15 is 0 Å². The van der Waals surface area contributed by atoms with E-state index in [0.717, 1.165) is 39.9 Å². The van der Waals surface area contributed by atoms with Gasteiger partial charge in [0.2, 0.25) is 0 Å². The Labute approximate surface area is 201 Å². The van der Waals surface area contributed by atoms with Gasteiger partial charge in [0.05, 0.1) is 29.1 Å². The molecule has 0 saturated carbocycles. The van der Waals surface area contributed by atoms with E-state index in [4.69, 9.17) is 9.84 Å². The number of hydrogen-bond donors (Lipinski definition) is 0. The SMILES string of the molecule is COc1ccc(-c2nn(-c3ccccc3)cc2/C=C2\SC(=O)N(c3cccc(C)c3)C2=O)cc1. The van der Waals surface area contributed by atoms with Crippen LogP contribution in [0, 0.1) is 6.92 Å². The summed E-state index contributed by atoms with van der Waals surface area (Å²) >= 11 is 0.934. The zero-order chi connectivity index (χ0) is 23.7. The first-order chi connectivity index (χ1) is 16.5. The van der Waals surface area contributed by atoms with Gasteiger partial charge in [0, 0.05) is 17.3 Å². The summed E-state index contributed by atoms with van der Waals surface area (Å²) in [4.78, 5) is 27.5. The van der Waals surface area contributed by atoms with Crippen molar-refractivity contribution in [3.8, 4) is 22.7 Å². The Morgan fingerprint density at radius 2 is 1.65 bits per heavy atom. The maximum Gasteiger partial charge on any atom is 0.298 e. The highest BCUT2D eigenvalue weighted by Gasteiger charge is 2.36. The summed E-state index contributed by atoms with van der Waals surface area (Å²) in [5.41, 5.74) is 4.76. The minimum Gasteiger partial charge on any atom is -0.497 e. The molecule has 34 heavy (non-hydrogen) atoms. The average Bonchev–Trinajstić information content (AvgIpc) is 3.40. The van der Waals surface area contributed by atoms with E-state index < -0.39 is 0 Å².